The molecule has 0 aliphatic carbocycles. The number of hydrogen-bond acceptors (Lipinski definition) is 2. The number of imidazole rings is 1. The van der Waals surface area contributed by atoms with Crippen molar-refractivity contribution in [3.8, 4) is 50.2 Å². The van der Waals surface area contributed by atoms with Crippen molar-refractivity contribution in [1.82, 2.24) is 9.55 Å². The van der Waals surface area contributed by atoms with Crippen LogP contribution in [0.4, 0.5) is 0 Å². The molecule has 1 aliphatic heterocycles. The van der Waals surface area contributed by atoms with Crippen molar-refractivity contribution >= 4 is 77.2 Å². The summed E-state index contributed by atoms with van der Waals surface area (Å²) in [7, 11) is -3.25. The number of fused-ring (bicyclic) bond motifs is 6. The summed E-state index contributed by atoms with van der Waals surface area (Å²) in [4.78, 5) is 5.02. The van der Waals surface area contributed by atoms with Crippen LogP contribution in [0.5, 0.6) is 0 Å². The van der Waals surface area contributed by atoms with Gasteiger partial charge in [0.25, 0.3) is 0 Å². The predicted molar refractivity (Wildman–Crippen MR) is 275 cm³/mol. The van der Waals surface area contributed by atoms with Gasteiger partial charge in [0.2, 0.25) is 0 Å². The first kappa shape index (κ1) is 37.7. The van der Waals surface area contributed by atoms with E-state index in [-0.39, 0.29) is 0 Å². The van der Waals surface area contributed by atoms with E-state index in [4.69, 9.17) is 4.98 Å². The van der Waals surface area contributed by atoms with Gasteiger partial charge in [-0.1, -0.05) is 183 Å². The van der Waals surface area contributed by atoms with E-state index >= 15 is 4.57 Å². The van der Waals surface area contributed by atoms with Crippen molar-refractivity contribution in [2.75, 3.05) is 0 Å². The topological polar surface area (TPSA) is 34.9 Å². The van der Waals surface area contributed by atoms with E-state index in [2.05, 4.69) is 181 Å². The van der Waals surface area contributed by atoms with Crippen molar-refractivity contribution in [2.24, 2.45) is 0 Å². The maximum absolute atomic E-state index is 15.9. The number of para-hydroxylation sites is 1. The molecule has 0 fully saturated rings. The van der Waals surface area contributed by atoms with Gasteiger partial charge in [-0.25, -0.2) is 4.98 Å². The average Bonchev–Trinajstić information content (AvgIpc) is 3.76. The van der Waals surface area contributed by atoms with Crippen LogP contribution in [0.1, 0.15) is 12.7 Å². The van der Waals surface area contributed by atoms with Gasteiger partial charge in [0.05, 0.1) is 16.7 Å². The SMILES string of the molecule is CCc1nc2cccc3c2n1-c1ccc(-c2ccc(-c4ccc5c(-c6ccc7ccccc7c6)c6ccccc6c(-c6ccc7ccccc7c6)c5c4)cc2)cc1P3(=O)c1ccccc1. The van der Waals surface area contributed by atoms with Gasteiger partial charge < -0.3 is 4.57 Å². The first-order chi connectivity index (χ1) is 32.0. The van der Waals surface area contributed by atoms with E-state index in [0.717, 1.165) is 67.1 Å². The highest BCUT2D eigenvalue weighted by Crippen LogP contribution is 2.50. The fourth-order valence-corrected chi connectivity index (χ4v) is 13.7. The second kappa shape index (κ2) is 14.6. The summed E-state index contributed by atoms with van der Waals surface area (Å²) < 4.78 is 18.1. The Morgan fingerprint density at radius 3 is 1.58 bits per heavy atom. The molecule has 0 amide bonds. The Bertz CT molecular complexity index is 3960. The van der Waals surface area contributed by atoms with Gasteiger partial charge in [0.15, 0.2) is 7.14 Å². The fraction of sp³-hybridized carbons (Fsp3) is 0.0328. The van der Waals surface area contributed by atoms with Crippen molar-refractivity contribution in [3.05, 3.63) is 224 Å². The maximum atomic E-state index is 15.9. The molecule has 0 saturated carbocycles. The lowest BCUT2D eigenvalue weighted by molar-refractivity contribution is 0.592. The van der Waals surface area contributed by atoms with E-state index in [1.807, 2.05) is 48.5 Å². The van der Waals surface area contributed by atoms with Gasteiger partial charge in [-0.2, -0.15) is 0 Å². The zero-order valence-corrected chi connectivity index (χ0v) is 36.6. The molecule has 12 aromatic rings. The zero-order valence-electron chi connectivity index (χ0n) is 35.7. The first-order valence-electron chi connectivity index (χ1n) is 22.4. The van der Waals surface area contributed by atoms with E-state index in [9.17, 15) is 0 Å². The Morgan fingerprint density at radius 2 is 0.938 bits per heavy atom. The zero-order chi connectivity index (χ0) is 43.2. The lowest BCUT2D eigenvalue weighted by Gasteiger charge is -2.29. The third-order valence-electron chi connectivity index (χ3n) is 13.7. The Labute approximate surface area is 377 Å². The van der Waals surface area contributed by atoms with Gasteiger partial charge in [-0.05, 0) is 130 Å². The molecule has 4 heteroatoms. The molecule has 1 aromatic heterocycles. The third kappa shape index (κ3) is 5.76. The molecule has 0 N–H and O–H groups in total. The van der Waals surface area contributed by atoms with Gasteiger partial charge >= 0.3 is 0 Å². The maximum Gasteiger partial charge on any atom is 0.175 e. The Kier molecular flexibility index (Phi) is 8.47. The first-order valence-corrected chi connectivity index (χ1v) is 24.1. The van der Waals surface area contributed by atoms with Crippen LogP contribution in [0.2, 0.25) is 0 Å². The Balaban J connectivity index is 0.977. The van der Waals surface area contributed by atoms with Gasteiger partial charge in [0, 0.05) is 22.3 Å². The molecule has 3 nitrogen and oxygen atoms in total. The van der Waals surface area contributed by atoms with Crippen LogP contribution >= 0.6 is 7.14 Å². The summed E-state index contributed by atoms with van der Waals surface area (Å²) in [6.45, 7) is 2.14. The standard InChI is InChI=1S/C61H41N2OP/c1-2-58-62-54-21-12-22-56-61(54)63(58)55-34-32-46(38-57(55)65(56,64)49-17-4-3-5-18-49)42-25-23-41(24-26-42)45-31-33-52-53(37-45)60(48-30-28-40-14-7-9-16-44(40)36-48)51-20-11-10-19-50(51)59(52)47-29-27-39-13-6-8-15-43(39)35-47/h3-38H,2H2,1H3. The van der Waals surface area contributed by atoms with E-state index in [1.165, 1.54) is 65.3 Å². The highest BCUT2D eigenvalue weighted by atomic mass is 31.2. The summed E-state index contributed by atoms with van der Waals surface area (Å²) in [6.07, 6.45) is 0.770. The van der Waals surface area contributed by atoms with Crippen LogP contribution in [-0.2, 0) is 11.0 Å². The second-order valence-electron chi connectivity index (χ2n) is 17.3. The molecule has 1 aliphatic rings. The number of hydrogen-bond donors (Lipinski definition) is 0. The molecule has 13 rings (SSSR count). The second-order valence-corrected chi connectivity index (χ2v) is 20.0. The molecular formula is C61H41N2OP. The van der Waals surface area contributed by atoms with Crippen LogP contribution in [-0.4, -0.2) is 9.55 Å². The molecule has 1 atom stereocenters. The fourth-order valence-electron chi connectivity index (χ4n) is 10.6. The molecule has 0 bridgehead atoms. The molecule has 0 saturated heterocycles. The molecule has 306 valence electrons. The number of nitrogens with zero attached hydrogens (tertiary/aromatic N) is 2. The highest BCUT2D eigenvalue weighted by molar-refractivity contribution is 7.86. The average molecular weight is 849 g/mol. The van der Waals surface area contributed by atoms with Crippen LogP contribution in [0.25, 0.3) is 104 Å². The van der Waals surface area contributed by atoms with Gasteiger partial charge in [0.1, 0.15) is 5.82 Å². The molecule has 11 aromatic carbocycles. The quantitative estimate of drug-likeness (QED) is 0.123. The molecule has 2 heterocycles. The van der Waals surface area contributed by atoms with Crippen LogP contribution in [0.15, 0.2) is 218 Å². The minimum atomic E-state index is -3.25. The third-order valence-corrected chi connectivity index (χ3v) is 16.8. The number of aryl methyl sites for hydroxylation is 1. The van der Waals surface area contributed by atoms with Crippen LogP contribution < -0.4 is 15.9 Å². The number of benzene rings is 11. The van der Waals surface area contributed by atoms with E-state index < -0.39 is 7.14 Å². The summed E-state index contributed by atoms with van der Waals surface area (Å²) in [5, 5.41) is 12.4. The minimum Gasteiger partial charge on any atom is -0.308 e. The van der Waals surface area contributed by atoms with Crippen molar-refractivity contribution in [3.63, 3.8) is 0 Å². The van der Waals surface area contributed by atoms with Gasteiger partial charge in [-0.15, -0.1) is 0 Å². The summed E-state index contributed by atoms with van der Waals surface area (Å²) >= 11 is 0. The van der Waals surface area contributed by atoms with E-state index in [0.29, 0.717) is 0 Å². The summed E-state index contributed by atoms with van der Waals surface area (Å²) in [5.74, 6) is 0.974. The minimum absolute atomic E-state index is 0.770. The molecular weight excluding hydrogens is 808 g/mol. The largest absolute Gasteiger partial charge is 0.308 e. The molecule has 0 spiro atoms. The highest BCUT2D eigenvalue weighted by Gasteiger charge is 2.40. The number of rotatable bonds is 6. The summed E-state index contributed by atoms with van der Waals surface area (Å²) in [6, 6.07) is 78.4. The van der Waals surface area contributed by atoms with Crippen LogP contribution in [0.3, 0.4) is 0 Å². The molecule has 0 radical (unpaired) electrons. The van der Waals surface area contributed by atoms with Crippen molar-refractivity contribution < 1.29 is 4.57 Å². The van der Waals surface area contributed by atoms with Gasteiger partial charge in [-0.3, -0.25) is 4.57 Å². The molecule has 65 heavy (non-hydrogen) atoms. The Morgan fingerprint density at radius 1 is 0.415 bits per heavy atom. The normalized spacial score (nSPS) is 14.4. The monoisotopic (exact) mass is 848 g/mol. The summed E-state index contributed by atoms with van der Waals surface area (Å²) in [5.41, 5.74) is 12.1. The van der Waals surface area contributed by atoms with Crippen molar-refractivity contribution in [2.45, 2.75) is 13.3 Å². The lowest BCUT2D eigenvalue weighted by Crippen LogP contribution is -2.33. The number of aromatic nitrogens is 2. The smallest absolute Gasteiger partial charge is 0.175 e. The lowest BCUT2D eigenvalue weighted by atomic mass is 9.84. The van der Waals surface area contributed by atoms with Crippen LogP contribution in [0, 0.1) is 0 Å². The van der Waals surface area contributed by atoms with Crippen molar-refractivity contribution in [1.29, 1.82) is 0 Å². The Hall–Kier alpha value is -7.84. The molecule has 1 unspecified atom stereocenters. The van der Waals surface area contributed by atoms with E-state index in [1.54, 1.807) is 0 Å². The predicted octanol–water partition coefficient (Wildman–Crippen LogP) is 14.8.